The lowest BCUT2D eigenvalue weighted by atomic mass is 10.0. The fourth-order valence-electron chi connectivity index (χ4n) is 3.64. The molecule has 0 fully saturated rings. The highest BCUT2D eigenvalue weighted by Crippen LogP contribution is 2.14. The maximum absolute atomic E-state index is 12.8. The van der Waals surface area contributed by atoms with Gasteiger partial charge in [-0.1, -0.05) is 96.8 Å². The van der Waals surface area contributed by atoms with E-state index in [1.165, 1.54) is 95.6 Å². The van der Waals surface area contributed by atoms with Crippen molar-refractivity contribution in [3.05, 3.63) is 30.1 Å². The molecule has 4 heteroatoms. The summed E-state index contributed by atoms with van der Waals surface area (Å²) in [5.41, 5.74) is 0. The van der Waals surface area contributed by atoms with Crippen molar-refractivity contribution in [1.82, 2.24) is 5.32 Å². The maximum Gasteiger partial charge on any atom is 0.220 e. The summed E-state index contributed by atoms with van der Waals surface area (Å²) in [6.07, 6.45) is 20.6. The van der Waals surface area contributed by atoms with Crippen LogP contribution in [-0.2, 0) is 4.79 Å². The summed E-state index contributed by atoms with van der Waals surface area (Å²) in [7, 11) is 0. The zero-order valence-corrected chi connectivity index (χ0v) is 19.2. The van der Waals surface area contributed by atoms with E-state index in [2.05, 4.69) is 12.2 Å². The Bertz CT molecular complexity index is 518. The van der Waals surface area contributed by atoms with Gasteiger partial charge in [-0.3, -0.25) is 4.79 Å². The molecule has 1 aromatic carbocycles. The molecule has 0 aromatic heterocycles. The van der Waals surface area contributed by atoms with Crippen molar-refractivity contribution in [1.29, 1.82) is 0 Å². The third kappa shape index (κ3) is 16.2. The molecule has 1 rings (SSSR count). The number of hydrogen-bond donors (Lipinski definition) is 1. The average molecular weight is 422 g/mol. The van der Waals surface area contributed by atoms with Gasteiger partial charge in [0.25, 0.3) is 0 Å². The first kappa shape index (κ1) is 26.5. The zero-order valence-electron chi connectivity index (χ0n) is 19.2. The molecule has 0 spiro atoms. The van der Waals surface area contributed by atoms with Gasteiger partial charge in [-0.05, 0) is 30.7 Å². The van der Waals surface area contributed by atoms with Crippen molar-refractivity contribution in [2.75, 3.05) is 13.2 Å². The molecule has 1 aromatic rings. The molecular weight excluding hydrogens is 377 g/mol. The molecule has 0 radical (unpaired) electrons. The molecule has 0 atom stereocenters. The number of unbranched alkanes of at least 4 members (excludes halogenated alkanes) is 14. The summed E-state index contributed by atoms with van der Waals surface area (Å²) in [5, 5.41) is 2.88. The normalized spacial score (nSPS) is 10.9. The minimum Gasteiger partial charge on any atom is -0.492 e. The molecule has 0 bridgehead atoms. The van der Waals surface area contributed by atoms with Crippen LogP contribution in [0, 0.1) is 5.82 Å². The molecule has 1 amide bonds. The van der Waals surface area contributed by atoms with E-state index in [-0.39, 0.29) is 11.7 Å². The van der Waals surface area contributed by atoms with Gasteiger partial charge in [0.05, 0.1) is 6.54 Å². The van der Waals surface area contributed by atoms with Gasteiger partial charge in [0.2, 0.25) is 5.91 Å². The minimum atomic E-state index is -0.279. The van der Waals surface area contributed by atoms with Crippen LogP contribution >= 0.6 is 0 Å². The molecule has 0 aliphatic rings. The van der Waals surface area contributed by atoms with Crippen LogP contribution in [0.2, 0.25) is 0 Å². The van der Waals surface area contributed by atoms with Gasteiger partial charge in [-0.15, -0.1) is 0 Å². The van der Waals surface area contributed by atoms with Crippen LogP contribution < -0.4 is 10.1 Å². The highest BCUT2D eigenvalue weighted by molar-refractivity contribution is 5.75. The van der Waals surface area contributed by atoms with Gasteiger partial charge < -0.3 is 10.1 Å². The molecule has 0 aliphatic heterocycles. The summed E-state index contributed by atoms with van der Waals surface area (Å²) in [5.74, 6) is 0.430. The standard InChI is InChI=1S/C26H44FNO2/c1-2-3-4-5-6-7-8-9-10-11-12-13-14-15-16-17-26(29)28-22-23-30-25-20-18-24(27)19-21-25/h18-21H,2-17,22-23H2,1H3,(H,28,29). The smallest absolute Gasteiger partial charge is 0.220 e. The molecule has 0 aliphatic carbocycles. The first-order chi connectivity index (χ1) is 14.7. The van der Waals surface area contributed by atoms with Gasteiger partial charge in [0.15, 0.2) is 0 Å². The lowest BCUT2D eigenvalue weighted by Gasteiger charge is -2.08. The van der Waals surface area contributed by atoms with E-state index < -0.39 is 0 Å². The quantitative estimate of drug-likeness (QED) is 0.220. The fourth-order valence-corrected chi connectivity index (χ4v) is 3.64. The molecule has 0 saturated heterocycles. The Balaban J connectivity index is 1.78. The molecule has 3 nitrogen and oxygen atoms in total. The number of ether oxygens (including phenoxy) is 1. The predicted molar refractivity (Wildman–Crippen MR) is 124 cm³/mol. The summed E-state index contributed by atoms with van der Waals surface area (Å²) in [6, 6.07) is 5.91. The van der Waals surface area contributed by atoms with Crippen LogP contribution in [0.25, 0.3) is 0 Å². The third-order valence-corrected chi connectivity index (χ3v) is 5.51. The number of carbonyl (C=O) groups excluding carboxylic acids is 1. The van der Waals surface area contributed by atoms with Crippen molar-refractivity contribution in [2.24, 2.45) is 0 Å². The van der Waals surface area contributed by atoms with E-state index >= 15 is 0 Å². The van der Waals surface area contributed by atoms with Crippen molar-refractivity contribution >= 4 is 5.91 Å². The molecule has 0 unspecified atom stereocenters. The second-order valence-corrected chi connectivity index (χ2v) is 8.35. The Morgan fingerprint density at radius 1 is 0.767 bits per heavy atom. The fraction of sp³-hybridized carbons (Fsp3) is 0.731. The number of hydrogen-bond acceptors (Lipinski definition) is 2. The third-order valence-electron chi connectivity index (χ3n) is 5.51. The Morgan fingerprint density at radius 3 is 1.73 bits per heavy atom. The maximum atomic E-state index is 12.8. The van der Waals surface area contributed by atoms with E-state index in [0.29, 0.717) is 25.3 Å². The van der Waals surface area contributed by atoms with Crippen LogP contribution in [0.1, 0.15) is 110 Å². The van der Waals surface area contributed by atoms with Gasteiger partial charge in [0.1, 0.15) is 18.2 Å². The Labute approximate surface area is 184 Å². The van der Waals surface area contributed by atoms with Crippen LogP contribution in [0.15, 0.2) is 24.3 Å². The van der Waals surface area contributed by atoms with Crippen LogP contribution in [0.5, 0.6) is 5.75 Å². The zero-order chi connectivity index (χ0) is 21.7. The van der Waals surface area contributed by atoms with Gasteiger partial charge >= 0.3 is 0 Å². The Kier molecular flexibility index (Phi) is 17.1. The Morgan fingerprint density at radius 2 is 1.23 bits per heavy atom. The minimum absolute atomic E-state index is 0.0902. The average Bonchev–Trinajstić information content (AvgIpc) is 2.75. The lowest BCUT2D eigenvalue weighted by Crippen LogP contribution is -2.27. The highest BCUT2D eigenvalue weighted by atomic mass is 19.1. The molecule has 172 valence electrons. The number of nitrogens with one attached hydrogen (secondary N) is 1. The number of halogens is 1. The van der Waals surface area contributed by atoms with E-state index in [1.807, 2.05) is 0 Å². The molecule has 0 saturated carbocycles. The SMILES string of the molecule is CCCCCCCCCCCCCCCCCC(=O)NCCOc1ccc(F)cc1. The van der Waals surface area contributed by atoms with E-state index in [4.69, 9.17) is 4.74 Å². The van der Waals surface area contributed by atoms with E-state index in [0.717, 1.165) is 12.8 Å². The summed E-state index contributed by atoms with van der Waals surface area (Å²) in [4.78, 5) is 11.8. The summed E-state index contributed by atoms with van der Waals surface area (Å²) in [6.45, 7) is 3.15. The number of carbonyl (C=O) groups is 1. The molecular formula is C26H44FNO2. The van der Waals surface area contributed by atoms with Gasteiger partial charge in [0, 0.05) is 6.42 Å². The van der Waals surface area contributed by atoms with E-state index in [9.17, 15) is 9.18 Å². The Hall–Kier alpha value is -1.58. The first-order valence-electron chi connectivity index (χ1n) is 12.4. The van der Waals surface area contributed by atoms with Gasteiger partial charge in [-0.2, -0.15) is 0 Å². The monoisotopic (exact) mass is 421 g/mol. The highest BCUT2D eigenvalue weighted by Gasteiger charge is 2.01. The first-order valence-corrected chi connectivity index (χ1v) is 12.4. The van der Waals surface area contributed by atoms with Crippen molar-refractivity contribution < 1.29 is 13.9 Å². The number of benzene rings is 1. The second kappa shape index (κ2) is 19.4. The van der Waals surface area contributed by atoms with Crippen molar-refractivity contribution in [2.45, 2.75) is 110 Å². The molecule has 30 heavy (non-hydrogen) atoms. The predicted octanol–water partition coefficient (Wildman–Crippen LogP) is 7.58. The van der Waals surface area contributed by atoms with Crippen LogP contribution in [0.3, 0.4) is 0 Å². The topological polar surface area (TPSA) is 38.3 Å². The largest absolute Gasteiger partial charge is 0.492 e. The van der Waals surface area contributed by atoms with Crippen molar-refractivity contribution in [3.8, 4) is 5.75 Å². The lowest BCUT2D eigenvalue weighted by molar-refractivity contribution is -0.121. The number of rotatable bonds is 20. The van der Waals surface area contributed by atoms with Gasteiger partial charge in [-0.25, -0.2) is 4.39 Å². The molecule has 0 heterocycles. The summed E-state index contributed by atoms with van der Waals surface area (Å²) < 4.78 is 18.3. The van der Waals surface area contributed by atoms with Crippen LogP contribution in [-0.4, -0.2) is 19.1 Å². The van der Waals surface area contributed by atoms with Crippen LogP contribution in [0.4, 0.5) is 4.39 Å². The van der Waals surface area contributed by atoms with E-state index in [1.54, 1.807) is 12.1 Å². The molecule has 1 N–H and O–H groups in total. The number of amides is 1. The van der Waals surface area contributed by atoms with Crippen molar-refractivity contribution in [3.63, 3.8) is 0 Å². The summed E-state index contributed by atoms with van der Waals surface area (Å²) >= 11 is 0. The second-order valence-electron chi connectivity index (χ2n) is 8.35.